The Morgan fingerprint density at radius 2 is 2.05 bits per heavy atom. The molecule has 0 saturated carbocycles. The highest BCUT2D eigenvalue weighted by molar-refractivity contribution is 8.26. The van der Waals surface area contributed by atoms with Crippen molar-refractivity contribution in [2.75, 3.05) is 11.4 Å². The third-order valence-corrected chi connectivity index (χ3v) is 4.18. The Hall–Kier alpha value is -1.66. The van der Waals surface area contributed by atoms with Crippen LogP contribution in [0.25, 0.3) is 0 Å². The van der Waals surface area contributed by atoms with Crippen molar-refractivity contribution in [2.24, 2.45) is 0 Å². The molecule has 1 aromatic carbocycles. The molecule has 1 heterocycles. The van der Waals surface area contributed by atoms with E-state index in [4.69, 9.17) is 12.2 Å². The van der Waals surface area contributed by atoms with E-state index in [1.165, 1.54) is 28.5 Å². The Morgan fingerprint density at radius 1 is 1.40 bits per heavy atom. The first-order valence-electron chi connectivity index (χ1n) is 6.15. The number of para-hydroxylation sites is 1. The zero-order chi connectivity index (χ0) is 14.7. The second-order valence-corrected chi connectivity index (χ2v) is 5.81. The Morgan fingerprint density at radius 3 is 2.55 bits per heavy atom. The average molecular weight is 306 g/mol. The molecule has 6 heteroatoms. The second kappa shape index (κ2) is 6.19. The predicted octanol–water partition coefficient (Wildman–Crippen LogP) is 2.76. The zero-order valence-electron chi connectivity index (χ0n) is 11.2. The van der Waals surface area contributed by atoms with Crippen LogP contribution in [0.15, 0.2) is 41.4 Å². The number of hydrogen-bond acceptors (Lipinski definition) is 4. The first kappa shape index (κ1) is 14.7. The number of likely N-dealkylation sites (N-methyl/N-ethyl adjacent to an activating group) is 1. The largest absolute Gasteiger partial charge is 0.293 e. The van der Waals surface area contributed by atoms with Gasteiger partial charge in [-0.2, -0.15) is 0 Å². The molecule has 1 aliphatic heterocycles. The monoisotopic (exact) mass is 306 g/mol. The molecule has 2 amide bonds. The normalized spacial score (nSPS) is 16.9. The summed E-state index contributed by atoms with van der Waals surface area (Å²) in [6.07, 6.45) is 1.56. The fraction of sp³-hybridized carbons (Fsp3) is 0.214. The van der Waals surface area contributed by atoms with Gasteiger partial charge in [-0.25, -0.2) is 0 Å². The van der Waals surface area contributed by atoms with E-state index < -0.39 is 0 Å². The van der Waals surface area contributed by atoms with Gasteiger partial charge in [-0.3, -0.25) is 19.4 Å². The van der Waals surface area contributed by atoms with Crippen LogP contribution < -0.4 is 4.90 Å². The number of amides is 2. The van der Waals surface area contributed by atoms with Gasteiger partial charge in [-0.1, -0.05) is 42.2 Å². The Kier molecular flexibility index (Phi) is 4.57. The van der Waals surface area contributed by atoms with Crippen LogP contribution in [0.4, 0.5) is 5.69 Å². The van der Waals surface area contributed by atoms with Gasteiger partial charge in [0.2, 0.25) is 5.91 Å². The fourth-order valence-electron chi connectivity index (χ4n) is 1.82. The number of nitrogens with zero attached hydrogens (tertiary/aromatic N) is 2. The number of carbonyl (C=O) groups excluding carboxylic acids is 2. The quantitative estimate of drug-likeness (QED) is 0.636. The summed E-state index contributed by atoms with van der Waals surface area (Å²) in [4.78, 5) is 27.4. The van der Waals surface area contributed by atoms with E-state index in [0.717, 1.165) is 5.69 Å². The molecule has 1 aliphatic rings. The summed E-state index contributed by atoms with van der Waals surface area (Å²) in [6, 6.07) is 9.20. The molecule has 0 unspecified atom stereocenters. The molecule has 0 aliphatic carbocycles. The van der Waals surface area contributed by atoms with Crippen LogP contribution in [0, 0.1) is 0 Å². The number of rotatable bonds is 3. The topological polar surface area (TPSA) is 40.6 Å². The van der Waals surface area contributed by atoms with Gasteiger partial charge in [-0.05, 0) is 19.1 Å². The van der Waals surface area contributed by atoms with Crippen LogP contribution in [-0.2, 0) is 9.59 Å². The average Bonchev–Trinajstić information content (AvgIpc) is 2.70. The lowest BCUT2D eigenvalue weighted by Crippen LogP contribution is -2.28. The van der Waals surface area contributed by atoms with Crippen LogP contribution in [0.1, 0.15) is 13.8 Å². The summed E-state index contributed by atoms with van der Waals surface area (Å²) < 4.78 is 0.528. The molecule has 1 saturated heterocycles. The molecule has 0 radical (unpaired) electrons. The molecule has 4 nitrogen and oxygen atoms in total. The van der Waals surface area contributed by atoms with Gasteiger partial charge in [-0.15, -0.1) is 0 Å². The minimum atomic E-state index is -0.155. The minimum Gasteiger partial charge on any atom is -0.293 e. The lowest BCUT2D eigenvalue weighted by molar-refractivity contribution is -0.122. The zero-order valence-corrected chi connectivity index (χ0v) is 12.8. The number of benzene rings is 1. The highest BCUT2D eigenvalue weighted by atomic mass is 32.2. The van der Waals surface area contributed by atoms with Gasteiger partial charge in [0.05, 0.1) is 4.91 Å². The lowest BCUT2D eigenvalue weighted by Gasteiger charge is -2.17. The van der Waals surface area contributed by atoms with Crippen molar-refractivity contribution in [1.29, 1.82) is 0 Å². The van der Waals surface area contributed by atoms with E-state index in [0.29, 0.717) is 15.8 Å². The van der Waals surface area contributed by atoms with Gasteiger partial charge < -0.3 is 0 Å². The van der Waals surface area contributed by atoms with Crippen molar-refractivity contribution >= 4 is 45.8 Å². The van der Waals surface area contributed by atoms with Crippen molar-refractivity contribution in [3.63, 3.8) is 0 Å². The summed E-state index contributed by atoms with van der Waals surface area (Å²) in [5.41, 5.74) is 0.724. The number of thiocarbonyl (C=S) groups is 1. The van der Waals surface area contributed by atoms with Gasteiger partial charge in [0, 0.05) is 25.4 Å². The maximum atomic E-state index is 12.1. The molecule has 1 aromatic rings. The van der Waals surface area contributed by atoms with E-state index in [1.807, 2.05) is 37.3 Å². The van der Waals surface area contributed by atoms with Crippen LogP contribution in [-0.4, -0.2) is 27.6 Å². The Labute approximate surface area is 127 Å². The van der Waals surface area contributed by atoms with Gasteiger partial charge in [0.1, 0.15) is 4.32 Å². The molecule has 0 spiro atoms. The minimum absolute atomic E-state index is 0.148. The molecule has 0 atom stereocenters. The summed E-state index contributed by atoms with van der Waals surface area (Å²) >= 11 is 6.37. The molecule has 0 aromatic heterocycles. The van der Waals surface area contributed by atoms with Gasteiger partial charge >= 0.3 is 0 Å². The van der Waals surface area contributed by atoms with Gasteiger partial charge in [0.25, 0.3) is 5.91 Å². The van der Waals surface area contributed by atoms with E-state index >= 15 is 0 Å². The van der Waals surface area contributed by atoms with Crippen molar-refractivity contribution in [1.82, 2.24) is 4.90 Å². The number of carbonyl (C=O) groups is 2. The molecule has 0 N–H and O–H groups in total. The SMILES string of the molecule is CCN1C(=O)C(=CN(C(C)=O)c2ccccc2)SC1=S. The molecule has 104 valence electrons. The molecular formula is C14H14N2O2S2. The van der Waals surface area contributed by atoms with Crippen molar-refractivity contribution in [3.8, 4) is 0 Å². The van der Waals surface area contributed by atoms with E-state index in [2.05, 4.69) is 0 Å². The first-order valence-corrected chi connectivity index (χ1v) is 7.37. The van der Waals surface area contributed by atoms with E-state index in [1.54, 1.807) is 6.20 Å². The molecule has 1 fully saturated rings. The molecular weight excluding hydrogens is 292 g/mol. The standard InChI is InChI=1S/C14H14N2O2S2/c1-3-15-13(18)12(20-14(15)19)9-16(10(2)17)11-7-5-4-6-8-11/h4-9H,3H2,1-2H3. The second-order valence-electron chi connectivity index (χ2n) is 4.14. The van der Waals surface area contributed by atoms with Crippen molar-refractivity contribution in [3.05, 3.63) is 41.4 Å². The maximum Gasteiger partial charge on any atom is 0.267 e. The molecule has 20 heavy (non-hydrogen) atoms. The van der Waals surface area contributed by atoms with E-state index in [-0.39, 0.29) is 11.8 Å². The number of thioether (sulfide) groups is 1. The highest BCUT2D eigenvalue weighted by Crippen LogP contribution is 2.31. The lowest BCUT2D eigenvalue weighted by atomic mass is 10.3. The number of anilines is 1. The number of hydrogen-bond donors (Lipinski definition) is 0. The third kappa shape index (κ3) is 2.91. The first-order chi connectivity index (χ1) is 9.54. The summed E-state index contributed by atoms with van der Waals surface area (Å²) in [7, 11) is 0. The summed E-state index contributed by atoms with van der Waals surface area (Å²) in [5, 5.41) is 0. The van der Waals surface area contributed by atoms with Crippen LogP contribution in [0.5, 0.6) is 0 Å². The van der Waals surface area contributed by atoms with Crippen LogP contribution in [0.3, 0.4) is 0 Å². The van der Waals surface area contributed by atoms with Crippen molar-refractivity contribution in [2.45, 2.75) is 13.8 Å². The summed E-state index contributed by atoms with van der Waals surface area (Å²) in [6.45, 7) is 3.87. The molecule has 0 bridgehead atoms. The molecule has 2 rings (SSSR count). The van der Waals surface area contributed by atoms with Crippen molar-refractivity contribution < 1.29 is 9.59 Å². The van der Waals surface area contributed by atoms with Gasteiger partial charge in [0.15, 0.2) is 0 Å². The van der Waals surface area contributed by atoms with E-state index in [9.17, 15) is 9.59 Å². The maximum absolute atomic E-state index is 12.1. The van der Waals surface area contributed by atoms with Crippen LogP contribution >= 0.6 is 24.0 Å². The smallest absolute Gasteiger partial charge is 0.267 e. The fourth-order valence-corrected chi connectivity index (χ4v) is 3.16. The summed E-state index contributed by atoms with van der Waals surface area (Å²) in [5.74, 6) is -0.303. The van der Waals surface area contributed by atoms with Crippen LogP contribution in [0.2, 0.25) is 0 Å². The predicted molar refractivity (Wildman–Crippen MR) is 85.3 cm³/mol. The highest BCUT2D eigenvalue weighted by Gasteiger charge is 2.31. The Balaban J connectivity index is 2.34. The third-order valence-electron chi connectivity index (χ3n) is 2.81. The Bertz CT molecular complexity index is 584.